The zero-order chi connectivity index (χ0) is 17.9. The summed E-state index contributed by atoms with van der Waals surface area (Å²) in [6.07, 6.45) is 5.72. The minimum atomic E-state index is -0.154. The van der Waals surface area contributed by atoms with Crippen LogP contribution < -0.4 is 0 Å². The molecule has 2 fully saturated rings. The van der Waals surface area contributed by atoms with Gasteiger partial charge in [-0.25, -0.2) is 4.68 Å². The van der Waals surface area contributed by atoms with Gasteiger partial charge in [0.05, 0.1) is 25.2 Å². The van der Waals surface area contributed by atoms with E-state index < -0.39 is 0 Å². The number of nitrogens with zero attached hydrogens (tertiary/aromatic N) is 5. The first-order chi connectivity index (χ1) is 12.8. The molecule has 1 aliphatic heterocycles. The van der Waals surface area contributed by atoms with Crippen LogP contribution in [0.1, 0.15) is 56.0 Å². The third-order valence-corrected chi connectivity index (χ3v) is 5.70. The zero-order valence-electron chi connectivity index (χ0n) is 14.9. The molecule has 0 spiro atoms. The lowest BCUT2D eigenvalue weighted by Gasteiger charge is -2.31. The fraction of sp³-hybridized carbons (Fsp3) is 0.579. The van der Waals surface area contributed by atoms with Crippen LogP contribution in [0.3, 0.4) is 0 Å². The molecule has 1 aromatic carbocycles. The predicted octanol–water partition coefficient (Wildman–Crippen LogP) is 1.94. The molecule has 2 atom stereocenters. The van der Waals surface area contributed by atoms with Gasteiger partial charge in [0.1, 0.15) is 0 Å². The van der Waals surface area contributed by atoms with E-state index in [2.05, 4.69) is 15.5 Å². The van der Waals surface area contributed by atoms with Crippen molar-refractivity contribution in [2.45, 2.75) is 57.2 Å². The van der Waals surface area contributed by atoms with Gasteiger partial charge in [-0.05, 0) is 41.7 Å². The van der Waals surface area contributed by atoms with Gasteiger partial charge in [0, 0.05) is 5.92 Å². The molecule has 1 aliphatic carbocycles. The van der Waals surface area contributed by atoms with Crippen LogP contribution in [0.4, 0.5) is 0 Å². The van der Waals surface area contributed by atoms with Crippen molar-refractivity contribution in [1.82, 2.24) is 25.1 Å². The van der Waals surface area contributed by atoms with Gasteiger partial charge in [-0.3, -0.25) is 4.79 Å². The number of aromatic nitrogens is 4. The molecule has 7 heteroatoms. The summed E-state index contributed by atoms with van der Waals surface area (Å²) in [5.74, 6) is 0.970. The van der Waals surface area contributed by atoms with Crippen LogP contribution in [0.25, 0.3) is 0 Å². The van der Waals surface area contributed by atoms with Crippen molar-refractivity contribution in [3.63, 3.8) is 0 Å². The smallest absolute Gasteiger partial charge is 0.226 e. The quantitative estimate of drug-likeness (QED) is 0.886. The van der Waals surface area contributed by atoms with Gasteiger partial charge in [0.2, 0.25) is 5.91 Å². The predicted molar refractivity (Wildman–Crippen MR) is 95.0 cm³/mol. The van der Waals surface area contributed by atoms with Crippen LogP contribution in [0.2, 0.25) is 0 Å². The van der Waals surface area contributed by atoms with E-state index in [9.17, 15) is 9.90 Å². The summed E-state index contributed by atoms with van der Waals surface area (Å²) in [6.45, 7) is 0.574. The molecule has 138 valence electrons. The highest BCUT2D eigenvalue weighted by atomic mass is 16.3. The van der Waals surface area contributed by atoms with Gasteiger partial charge in [-0.1, -0.05) is 43.2 Å². The first kappa shape index (κ1) is 17.1. The average molecular weight is 355 g/mol. The van der Waals surface area contributed by atoms with E-state index in [1.54, 1.807) is 4.68 Å². The van der Waals surface area contributed by atoms with E-state index in [1.165, 1.54) is 0 Å². The molecule has 0 bridgehead atoms. The number of amides is 1. The van der Waals surface area contributed by atoms with Gasteiger partial charge in [0.25, 0.3) is 0 Å². The number of hydrogen-bond acceptors (Lipinski definition) is 5. The molecule has 0 radical (unpaired) electrons. The summed E-state index contributed by atoms with van der Waals surface area (Å²) in [5, 5.41) is 22.1. The van der Waals surface area contributed by atoms with Crippen molar-refractivity contribution < 1.29 is 9.90 Å². The second-order valence-electron chi connectivity index (χ2n) is 7.34. The van der Waals surface area contributed by atoms with Crippen LogP contribution in [0, 0.1) is 5.92 Å². The summed E-state index contributed by atoms with van der Waals surface area (Å²) in [6, 6.07) is 9.76. The van der Waals surface area contributed by atoms with Crippen molar-refractivity contribution in [2.75, 3.05) is 6.61 Å². The largest absolute Gasteiger partial charge is 0.394 e. The van der Waals surface area contributed by atoms with Crippen molar-refractivity contribution in [3.8, 4) is 0 Å². The molecule has 4 rings (SSSR count). The second kappa shape index (κ2) is 7.53. The van der Waals surface area contributed by atoms with Gasteiger partial charge >= 0.3 is 0 Å². The third-order valence-electron chi connectivity index (χ3n) is 5.70. The zero-order valence-corrected chi connectivity index (χ0v) is 14.9. The van der Waals surface area contributed by atoms with Crippen molar-refractivity contribution in [3.05, 3.63) is 41.7 Å². The molecule has 1 N–H and O–H groups in total. The highest BCUT2D eigenvalue weighted by molar-refractivity contribution is 5.80. The molecule has 1 aromatic heterocycles. The Kier molecular flexibility index (Phi) is 4.97. The van der Waals surface area contributed by atoms with E-state index >= 15 is 0 Å². The highest BCUT2D eigenvalue weighted by Crippen LogP contribution is 2.38. The van der Waals surface area contributed by atoms with Crippen LogP contribution >= 0.6 is 0 Å². The summed E-state index contributed by atoms with van der Waals surface area (Å²) in [5.41, 5.74) is 1.12. The number of hydrogen-bond donors (Lipinski definition) is 1. The molecule has 1 saturated heterocycles. The summed E-state index contributed by atoms with van der Waals surface area (Å²) in [4.78, 5) is 15.0. The average Bonchev–Trinajstić information content (AvgIpc) is 3.42. The van der Waals surface area contributed by atoms with Gasteiger partial charge in [-0.2, -0.15) is 0 Å². The topological polar surface area (TPSA) is 84.1 Å². The molecule has 1 saturated carbocycles. The second-order valence-corrected chi connectivity index (χ2v) is 7.34. The number of tetrazole rings is 1. The molecular formula is C19H25N5O2. The fourth-order valence-electron chi connectivity index (χ4n) is 4.35. The van der Waals surface area contributed by atoms with E-state index in [0.29, 0.717) is 6.54 Å². The standard InChI is InChI=1S/C19H25N5O2/c25-13-16-10-11-17(24(16)19(26)15-8-4-5-9-15)18-20-21-22-23(18)12-14-6-2-1-3-7-14/h1-3,6-7,15-17,25H,4-5,8-13H2/t16-,17-/m0/s1. The number of rotatable bonds is 5. The monoisotopic (exact) mass is 355 g/mol. The van der Waals surface area contributed by atoms with E-state index in [1.807, 2.05) is 35.2 Å². The Balaban J connectivity index is 1.59. The number of aliphatic hydroxyl groups excluding tert-OH is 1. The van der Waals surface area contributed by atoms with Gasteiger partial charge < -0.3 is 10.0 Å². The van der Waals surface area contributed by atoms with E-state index in [-0.39, 0.29) is 30.5 Å². The maximum atomic E-state index is 13.1. The number of carbonyl (C=O) groups is 1. The van der Waals surface area contributed by atoms with Gasteiger partial charge in [-0.15, -0.1) is 5.10 Å². The molecule has 0 unspecified atom stereocenters. The van der Waals surface area contributed by atoms with Crippen LogP contribution in [-0.4, -0.2) is 48.8 Å². The minimum absolute atomic E-state index is 0.00475. The lowest BCUT2D eigenvalue weighted by Crippen LogP contribution is -2.43. The molecule has 7 nitrogen and oxygen atoms in total. The molecule has 2 aromatic rings. The molecule has 2 heterocycles. The normalized spacial score (nSPS) is 23.7. The lowest BCUT2D eigenvalue weighted by atomic mass is 10.1. The maximum absolute atomic E-state index is 13.1. The highest BCUT2D eigenvalue weighted by Gasteiger charge is 2.42. The number of benzene rings is 1. The number of carbonyl (C=O) groups excluding carboxylic acids is 1. The minimum Gasteiger partial charge on any atom is -0.394 e. The fourth-order valence-corrected chi connectivity index (χ4v) is 4.35. The Morgan fingerprint density at radius 3 is 2.62 bits per heavy atom. The van der Waals surface area contributed by atoms with E-state index in [4.69, 9.17) is 0 Å². The summed E-state index contributed by atoms with van der Waals surface area (Å²) >= 11 is 0. The van der Waals surface area contributed by atoms with Crippen molar-refractivity contribution in [2.24, 2.45) is 5.92 Å². The van der Waals surface area contributed by atoms with Crippen LogP contribution in [0.5, 0.6) is 0 Å². The number of aliphatic hydroxyl groups is 1. The molecule has 26 heavy (non-hydrogen) atoms. The Morgan fingerprint density at radius 2 is 1.88 bits per heavy atom. The Bertz CT molecular complexity index is 741. The first-order valence-electron chi connectivity index (χ1n) is 9.51. The molecule has 1 amide bonds. The van der Waals surface area contributed by atoms with Gasteiger partial charge in [0.15, 0.2) is 5.82 Å². The summed E-state index contributed by atoms with van der Waals surface area (Å²) in [7, 11) is 0. The molecule has 2 aliphatic rings. The Morgan fingerprint density at radius 1 is 1.12 bits per heavy atom. The number of likely N-dealkylation sites (tertiary alicyclic amines) is 1. The van der Waals surface area contributed by atoms with E-state index in [0.717, 1.165) is 49.9 Å². The van der Waals surface area contributed by atoms with Crippen molar-refractivity contribution >= 4 is 5.91 Å². The SMILES string of the molecule is O=C(C1CCCC1)N1[C@H](CO)CC[C@H]1c1nnnn1Cc1ccccc1. The lowest BCUT2D eigenvalue weighted by molar-refractivity contribution is -0.139. The van der Waals surface area contributed by atoms with Crippen LogP contribution in [-0.2, 0) is 11.3 Å². The Hall–Kier alpha value is -2.28. The molecular weight excluding hydrogens is 330 g/mol. The van der Waals surface area contributed by atoms with Crippen LogP contribution in [0.15, 0.2) is 30.3 Å². The first-order valence-corrected chi connectivity index (χ1v) is 9.51. The summed E-state index contributed by atoms with van der Waals surface area (Å²) < 4.78 is 1.79. The Labute approximate surface area is 153 Å². The van der Waals surface area contributed by atoms with Crippen molar-refractivity contribution in [1.29, 1.82) is 0 Å². The third kappa shape index (κ3) is 3.23. The maximum Gasteiger partial charge on any atom is 0.226 e.